The van der Waals surface area contributed by atoms with E-state index in [0.29, 0.717) is 18.9 Å². The van der Waals surface area contributed by atoms with Crippen LogP contribution in [0.1, 0.15) is 31.7 Å². The SMILES string of the molecule is Cc1cnc(C)c(N(CCC(N)=NO)CC(C)C)n1. The predicted octanol–water partition coefficient (Wildman–Crippen LogP) is 1.69. The number of rotatable bonds is 6. The van der Waals surface area contributed by atoms with E-state index in [2.05, 4.69) is 33.9 Å². The number of hydrogen-bond donors (Lipinski definition) is 2. The second kappa shape index (κ2) is 6.92. The lowest BCUT2D eigenvalue weighted by Crippen LogP contribution is -2.33. The Bertz CT molecular complexity index is 445. The molecule has 0 atom stereocenters. The number of amidine groups is 1. The summed E-state index contributed by atoms with van der Waals surface area (Å²) < 4.78 is 0. The Kier molecular flexibility index (Phi) is 5.54. The average molecular weight is 265 g/mol. The van der Waals surface area contributed by atoms with Gasteiger partial charge in [-0.1, -0.05) is 19.0 Å². The molecule has 0 aliphatic rings. The van der Waals surface area contributed by atoms with E-state index in [1.54, 1.807) is 6.20 Å². The molecule has 0 aliphatic carbocycles. The van der Waals surface area contributed by atoms with Gasteiger partial charge in [0.1, 0.15) is 11.7 Å². The first kappa shape index (κ1) is 15.2. The molecule has 6 heteroatoms. The van der Waals surface area contributed by atoms with Crippen molar-refractivity contribution in [2.45, 2.75) is 34.1 Å². The zero-order valence-electron chi connectivity index (χ0n) is 12.1. The Balaban J connectivity index is 2.92. The molecule has 0 fully saturated rings. The van der Waals surface area contributed by atoms with Gasteiger partial charge in [-0.05, 0) is 19.8 Å². The molecule has 0 unspecified atom stereocenters. The minimum absolute atomic E-state index is 0.229. The van der Waals surface area contributed by atoms with Crippen LogP contribution in [-0.4, -0.2) is 34.1 Å². The normalized spacial score (nSPS) is 11.9. The molecule has 0 saturated carbocycles. The van der Waals surface area contributed by atoms with Crippen molar-refractivity contribution < 1.29 is 5.21 Å². The van der Waals surface area contributed by atoms with Gasteiger partial charge in [0.15, 0.2) is 0 Å². The lowest BCUT2D eigenvalue weighted by molar-refractivity contribution is 0.317. The van der Waals surface area contributed by atoms with Crippen LogP contribution in [0, 0.1) is 19.8 Å². The monoisotopic (exact) mass is 265 g/mol. The van der Waals surface area contributed by atoms with E-state index in [1.807, 2.05) is 13.8 Å². The second-order valence-electron chi connectivity index (χ2n) is 5.10. The highest BCUT2D eigenvalue weighted by molar-refractivity contribution is 5.80. The summed E-state index contributed by atoms with van der Waals surface area (Å²) in [7, 11) is 0. The number of aryl methyl sites for hydroxylation is 2. The van der Waals surface area contributed by atoms with Gasteiger partial charge >= 0.3 is 0 Å². The van der Waals surface area contributed by atoms with Crippen molar-refractivity contribution in [1.82, 2.24) is 9.97 Å². The third kappa shape index (κ3) is 4.73. The number of hydrogen-bond acceptors (Lipinski definition) is 5. The molecular formula is C13H23N5O. The summed E-state index contributed by atoms with van der Waals surface area (Å²) in [4.78, 5) is 11.0. The zero-order valence-corrected chi connectivity index (χ0v) is 12.1. The first-order chi connectivity index (χ1) is 8.93. The van der Waals surface area contributed by atoms with Gasteiger partial charge in [-0.2, -0.15) is 0 Å². The maximum absolute atomic E-state index is 8.62. The fourth-order valence-corrected chi connectivity index (χ4v) is 1.85. The molecule has 0 aliphatic heterocycles. The van der Waals surface area contributed by atoms with Gasteiger partial charge in [-0.25, -0.2) is 4.98 Å². The topological polar surface area (TPSA) is 87.6 Å². The number of nitrogens with zero attached hydrogens (tertiary/aromatic N) is 4. The highest BCUT2D eigenvalue weighted by Crippen LogP contribution is 2.17. The van der Waals surface area contributed by atoms with Gasteiger partial charge in [-0.15, -0.1) is 0 Å². The largest absolute Gasteiger partial charge is 0.409 e. The molecule has 0 radical (unpaired) electrons. The smallest absolute Gasteiger partial charge is 0.150 e. The summed E-state index contributed by atoms with van der Waals surface area (Å²) in [5, 5.41) is 11.6. The summed E-state index contributed by atoms with van der Waals surface area (Å²) in [5.41, 5.74) is 7.32. The molecule has 1 aromatic rings. The first-order valence-corrected chi connectivity index (χ1v) is 6.45. The number of oxime groups is 1. The van der Waals surface area contributed by atoms with Crippen molar-refractivity contribution in [3.05, 3.63) is 17.6 Å². The van der Waals surface area contributed by atoms with E-state index in [-0.39, 0.29) is 5.84 Å². The van der Waals surface area contributed by atoms with Crippen LogP contribution in [0.5, 0.6) is 0 Å². The van der Waals surface area contributed by atoms with Gasteiger partial charge in [0, 0.05) is 25.7 Å². The van der Waals surface area contributed by atoms with E-state index < -0.39 is 0 Å². The second-order valence-corrected chi connectivity index (χ2v) is 5.10. The number of aromatic nitrogens is 2. The van der Waals surface area contributed by atoms with Crippen molar-refractivity contribution in [1.29, 1.82) is 0 Å². The standard InChI is InChI=1S/C13H23N5O/c1-9(2)8-18(6-5-12(14)17-19)13-11(4)15-7-10(3)16-13/h7,9,19H,5-6,8H2,1-4H3,(H2,14,17). The van der Waals surface area contributed by atoms with Crippen LogP contribution in [0.2, 0.25) is 0 Å². The summed E-state index contributed by atoms with van der Waals surface area (Å²) in [6, 6.07) is 0. The third-order valence-corrected chi connectivity index (χ3v) is 2.70. The number of nitrogens with two attached hydrogens (primary N) is 1. The summed E-state index contributed by atoms with van der Waals surface area (Å²) in [5.74, 6) is 1.60. The molecule has 1 heterocycles. The molecular weight excluding hydrogens is 242 g/mol. The van der Waals surface area contributed by atoms with Crippen molar-refractivity contribution in [3.8, 4) is 0 Å². The molecule has 0 spiro atoms. The molecule has 6 nitrogen and oxygen atoms in total. The molecule has 0 aromatic carbocycles. The van der Waals surface area contributed by atoms with E-state index in [9.17, 15) is 0 Å². The Hall–Kier alpha value is -1.85. The van der Waals surface area contributed by atoms with E-state index in [0.717, 1.165) is 23.8 Å². The van der Waals surface area contributed by atoms with Gasteiger partial charge in [0.2, 0.25) is 0 Å². The molecule has 106 valence electrons. The highest BCUT2D eigenvalue weighted by atomic mass is 16.4. The van der Waals surface area contributed by atoms with Gasteiger partial charge in [0.25, 0.3) is 0 Å². The van der Waals surface area contributed by atoms with Crippen LogP contribution >= 0.6 is 0 Å². The minimum Gasteiger partial charge on any atom is -0.409 e. The minimum atomic E-state index is 0.229. The van der Waals surface area contributed by atoms with Gasteiger partial charge in [0.05, 0.1) is 11.4 Å². The van der Waals surface area contributed by atoms with Crippen molar-refractivity contribution in [3.63, 3.8) is 0 Å². The van der Waals surface area contributed by atoms with Crippen LogP contribution in [0.4, 0.5) is 5.82 Å². The van der Waals surface area contributed by atoms with Crippen LogP contribution < -0.4 is 10.6 Å². The molecule has 0 amide bonds. The van der Waals surface area contributed by atoms with Crippen molar-refractivity contribution in [2.75, 3.05) is 18.0 Å². The fraction of sp³-hybridized carbons (Fsp3) is 0.615. The maximum Gasteiger partial charge on any atom is 0.150 e. The molecule has 0 bridgehead atoms. The summed E-state index contributed by atoms with van der Waals surface area (Å²) in [6.07, 6.45) is 2.26. The van der Waals surface area contributed by atoms with E-state index in [4.69, 9.17) is 10.9 Å². The van der Waals surface area contributed by atoms with Crippen LogP contribution in [0.3, 0.4) is 0 Å². The third-order valence-electron chi connectivity index (χ3n) is 2.70. The van der Waals surface area contributed by atoms with Gasteiger partial charge in [-0.3, -0.25) is 4.98 Å². The molecule has 19 heavy (non-hydrogen) atoms. The zero-order chi connectivity index (χ0) is 14.4. The lowest BCUT2D eigenvalue weighted by atomic mass is 10.2. The summed E-state index contributed by atoms with van der Waals surface area (Å²) >= 11 is 0. The molecule has 1 rings (SSSR count). The van der Waals surface area contributed by atoms with Crippen LogP contribution in [0.25, 0.3) is 0 Å². The predicted molar refractivity (Wildman–Crippen MR) is 76.6 cm³/mol. The lowest BCUT2D eigenvalue weighted by Gasteiger charge is -2.26. The molecule has 3 N–H and O–H groups in total. The molecule has 0 saturated heterocycles. The maximum atomic E-state index is 8.62. The quantitative estimate of drug-likeness (QED) is 0.354. The van der Waals surface area contributed by atoms with Crippen LogP contribution in [-0.2, 0) is 0 Å². The summed E-state index contributed by atoms with van der Waals surface area (Å²) in [6.45, 7) is 9.68. The Morgan fingerprint density at radius 2 is 2.16 bits per heavy atom. The van der Waals surface area contributed by atoms with Crippen molar-refractivity contribution in [2.24, 2.45) is 16.8 Å². The Morgan fingerprint density at radius 1 is 1.47 bits per heavy atom. The first-order valence-electron chi connectivity index (χ1n) is 6.45. The average Bonchev–Trinajstić information content (AvgIpc) is 2.36. The Labute approximate surface area is 114 Å². The van der Waals surface area contributed by atoms with Gasteiger partial charge < -0.3 is 15.8 Å². The van der Waals surface area contributed by atoms with E-state index in [1.165, 1.54) is 0 Å². The fourth-order valence-electron chi connectivity index (χ4n) is 1.85. The highest BCUT2D eigenvalue weighted by Gasteiger charge is 2.14. The van der Waals surface area contributed by atoms with E-state index >= 15 is 0 Å². The van der Waals surface area contributed by atoms with Crippen molar-refractivity contribution >= 4 is 11.7 Å². The molecule has 1 aromatic heterocycles. The Morgan fingerprint density at radius 3 is 2.74 bits per heavy atom. The van der Waals surface area contributed by atoms with Crippen LogP contribution in [0.15, 0.2) is 11.4 Å². The number of anilines is 1.